The van der Waals surface area contributed by atoms with Crippen molar-refractivity contribution in [2.45, 2.75) is 31.2 Å². The van der Waals surface area contributed by atoms with Crippen molar-refractivity contribution < 1.29 is 9.59 Å². The first-order chi connectivity index (χ1) is 13.4. The number of aryl methyl sites for hydroxylation is 1. The van der Waals surface area contributed by atoms with Crippen LogP contribution in [0, 0.1) is 6.92 Å². The molecule has 1 heterocycles. The number of rotatable bonds is 6. The summed E-state index contributed by atoms with van der Waals surface area (Å²) in [5, 5.41) is 17.5. The smallest absolute Gasteiger partial charge is 0.237 e. The number of tetrazole rings is 1. The van der Waals surface area contributed by atoms with Crippen molar-refractivity contribution in [2.75, 3.05) is 10.6 Å². The van der Waals surface area contributed by atoms with E-state index in [0.29, 0.717) is 16.5 Å². The van der Waals surface area contributed by atoms with E-state index in [0.717, 1.165) is 11.3 Å². The Morgan fingerprint density at radius 3 is 2.39 bits per heavy atom. The van der Waals surface area contributed by atoms with Crippen LogP contribution in [-0.4, -0.2) is 37.3 Å². The van der Waals surface area contributed by atoms with Crippen molar-refractivity contribution in [3.63, 3.8) is 0 Å². The highest BCUT2D eigenvalue weighted by Crippen LogP contribution is 2.24. The Balaban J connectivity index is 1.65. The second-order valence-corrected chi connectivity index (χ2v) is 7.53. The summed E-state index contributed by atoms with van der Waals surface area (Å²) < 4.78 is 1.61. The molecule has 0 spiro atoms. The molecule has 1 atom stereocenters. The molecule has 2 N–H and O–H groups in total. The van der Waals surface area contributed by atoms with Crippen LogP contribution < -0.4 is 10.6 Å². The fourth-order valence-electron chi connectivity index (χ4n) is 2.47. The summed E-state index contributed by atoms with van der Waals surface area (Å²) >= 11 is 1.27. The zero-order valence-electron chi connectivity index (χ0n) is 15.7. The first kappa shape index (κ1) is 19.6. The highest BCUT2D eigenvalue weighted by atomic mass is 32.2. The van der Waals surface area contributed by atoms with Gasteiger partial charge in [0.1, 0.15) is 0 Å². The second-order valence-electron chi connectivity index (χ2n) is 6.22. The van der Waals surface area contributed by atoms with Gasteiger partial charge < -0.3 is 10.6 Å². The van der Waals surface area contributed by atoms with Crippen molar-refractivity contribution in [2.24, 2.45) is 0 Å². The number of hydrogen-bond acceptors (Lipinski definition) is 6. The number of hydrogen-bond donors (Lipinski definition) is 2. The largest absolute Gasteiger partial charge is 0.326 e. The van der Waals surface area contributed by atoms with Gasteiger partial charge >= 0.3 is 0 Å². The maximum atomic E-state index is 12.5. The molecule has 0 fully saturated rings. The normalized spacial score (nSPS) is 11.7. The van der Waals surface area contributed by atoms with Gasteiger partial charge in [0.05, 0.1) is 10.9 Å². The van der Waals surface area contributed by atoms with Crippen molar-refractivity contribution in [1.29, 1.82) is 0 Å². The summed E-state index contributed by atoms with van der Waals surface area (Å²) in [4.78, 5) is 23.6. The molecule has 0 unspecified atom stereocenters. The van der Waals surface area contributed by atoms with Gasteiger partial charge in [0.15, 0.2) is 0 Å². The Kier molecular flexibility index (Phi) is 6.05. The number of nitrogens with one attached hydrogen (secondary N) is 2. The molecule has 0 aliphatic carbocycles. The summed E-state index contributed by atoms with van der Waals surface area (Å²) in [6.07, 6.45) is 0. The number of thioether (sulfide) groups is 1. The average Bonchev–Trinajstić information content (AvgIpc) is 3.11. The van der Waals surface area contributed by atoms with E-state index in [4.69, 9.17) is 0 Å². The Labute approximate surface area is 166 Å². The molecule has 1 aromatic heterocycles. The highest BCUT2D eigenvalue weighted by molar-refractivity contribution is 8.00. The Morgan fingerprint density at radius 1 is 1.07 bits per heavy atom. The first-order valence-corrected chi connectivity index (χ1v) is 9.51. The fraction of sp³-hybridized carbons (Fsp3) is 0.211. The fourth-order valence-corrected chi connectivity index (χ4v) is 3.28. The molecule has 2 amide bonds. The van der Waals surface area contributed by atoms with E-state index in [-0.39, 0.29) is 11.8 Å². The van der Waals surface area contributed by atoms with Crippen LogP contribution in [0.15, 0.2) is 53.7 Å². The van der Waals surface area contributed by atoms with Gasteiger partial charge in [-0.1, -0.05) is 23.9 Å². The zero-order valence-corrected chi connectivity index (χ0v) is 16.5. The molecule has 0 saturated carbocycles. The SMILES string of the molecule is CC(=O)Nc1ccc(NC(=O)[C@@H](C)Sc2nnnn2-c2cccc(C)c2)cc1. The van der Waals surface area contributed by atoms with Gasteiger partial charge in [0.2, 0.25) is 17.0 Å². The van der Waals surface area contributed by atoms with Gasteiger partial charge in [-0.05, 0) is 66.2 Å². The van der Waals surface area contributed by atoms with Crippen LogP contribution in [0.2, 0.25) is 0 Å². The van der Waals surface area contributed by atoms with E-state index < -0.39 is 5.25 Å². The van der Waals surface area contributed by atoms with E-state index in [1.165, 1.54) is 18.7 Å². The molecule has 0 bridgehead atoms. The van der Waals surface area contributed by atoms with E-state index in [1.54, 1.807) is 35.9 Å². The van der Waals surface area contributed by atoms with Crippen LogP contribution in [0.25, 0.3) is 5.69 Å². The van der Waals surface area contributed by atoms with Crippen LogP contribution in [0.3, 0.4) is 0 Å². The average molecular weight is 396 g/mol. The van der Waals surface area contributed by atoms with Crippen molar-refractivity contribution in [3.8, 4) is 5.69 Å². The molecule has 2 aromatic carbocycles. The summed E-state index contributed by atoms with van der Waals surface area (Å²) in [6, 6.07) is 14.7. The van der Waals surface area contributed by atoms with Gasteiger partial charge in [0.25, 0.3) is 0 Å². The Morgan fingerprint density at radius 2 is 1.75 bits per heavy atom. The number of nitrogens with zero attached hydrogens (tertiary/aromatic N) is 4. The van der Waals surface area contributed by atoms with Crippen LogP contribution in [-0.2, 0) is 9.59 Å². The maximum Gasteiger partial charge on any atom is 0.237 e. The van der Waals surface area contributed by atoms with Crippen LogP contribution in [0.5, 0.6) is 0 Å². The lowest BCUT2D eigenvalue weighted by molar-refractivity contribution is -0.115. The minimum atomic E-state index is -0.412. The maximum absolute atomic E-state index is 12.5. The van der Waals surface area contributed by atoms with Gasteiger partial charge in [-0.25, -0.2) is 0 Å². The molecular weight excluding hydrogens is 376 g/mol. The minimum Gasteiger partial charge on any atom is -0.326 e. The number of aromatic nitrogens is 4. The molecule has 3 aromatic rings. The number of carbonyl (C=O) groups is 2. The Hall–Kier alpha value is -3.20. The molecule has 28 heavy (non-hydrogen) atoms. The number of anilines is 2. The van der Waals surface area contributed by atoms with E-state index >= 15 is 0 Å². The zero-order chi connectivity index (χ0) is 20.1. The lowest BCUT2D eigenvalue weighted by atomic mass is 10.2. The van der Waals surface area contributed by atoms with Crippen LogP contribution in [0.4, 0.5) is 11.4 Å². The number of carbonyl (C=O) groups excluding carboxylic acids is 2. The molecule has 0 saturated heterocycles. The predicted octanol–water partition coefficient (Wildman–Crippen LogP) is 3.05. The third-order valence-electron chi connectivity index (χ3n) is 3.81. The van der Waals surface area contributed by atoms with Gasteiger partial charge in [0, 0.05) is 18.3 Å². The molecule has 0 aliphatic heterocycles. The summed E-state index contributed by atoms with van der Waals surface area (Å²) in [5.74, 6) is -0.316. The van der Waals surface area contributed by atoms with Gasteiger partial charge in [-0.15, -0.1) is 5.10 Å². The third kappa shape index (κ3) is 4.95. The summed E-state index contributed by atoms with van der Waals surface area (Å²) in [6.45, 7) is 5.23. The minimum absolute atomic E-state index is 0.145. The molecule has 8 nitrogen and oxygen atoms in total. The highest BCUT2D eigenvalue weighted by Gasteiger charge is 2.19. The number of amides is 2. The summed E-state index contributed by atoms with van der Waals surface area (Å²) in [5.41, 5.74) is 3.25. The molecule has 3 rings (SSSR count). The monoisotopic (exact) mass is 396 g/mol. The molecule has 0 radical (unpaired) electrons. The topological polar surface area (TPSA) is 102 Å². The molecular formula is C19H20N6O2S. The van der Waals surface area contributed by atoms with Crippen LogP contribution >= 0.6 is 11.8 Å². The lowest BCUT2D eigenvalue weighted by Crippen LogP contribution is -2.23. The third-order valence-corrected chi connectivity index (χ3v) is 4.84. The van der Waals surface area contributed by atoms with Gasteiger partial charge in [-0.3, -0.25) is 9.59 Å². The first-order valence-electron chi connectivity index (χ1n) is 8.63. The standard InChI is InChI=1S/C19H20N6O2S/c1-12-5-4-6-17(11-12)25-19(22-23-24-25)28-13(2)18(27)21-16-9-7-15(8-10-16)20-14(3)26/h4-11,13H,1-3H3,(H,20,26)(H,21,27)/t13-/m1/s1. The van der Waals surface area contributed by atoms with Crippen molar-refractivity contribution in [1.82, 2.24) is 20.2 Å². The van der Waals surface area contributed by atoms with Crippen molar-refractivity contribution in [3.05, 3.63) is 54.1 Å². The molecule has 144 valence electrons. The summed E-state index contributed by atoms with van der Waals surface area (Å²) in [7, 11) is 0. The van der Waals surface area contributed by atoms with Crippen molar-refractivity contribution >= 4 is 35.0 Å². The quantitative estimate of drug-likeness (QED) is 0.621. The number of benzene rings is 2. The van der Waals surface area contributed by atoms with Gasteiger partial charge in [-0.2, -0.15) is 4.68 Å². The van der Waals surface area contributed by atoms with Crippen LogP contribution in [0.1, 0.15) is 19.4 Å². The van der Waals surface area contributed by atoms with E-state index in [9.17, 15) is 9.59 Å². The molecule has 9 heteroatoms. The Bertz CT molecular complexity index is 986. The second kappa shape index (κ2) is 8.66. The predicted molar refractivity (Wildman–Crippen MR) is 109 cm³/mol. The van der Waals surface area contributed by atoms with E-state index in [1.807, 2.05) is 31.2 Å². The lowest BCUT2D eigenvalue weighted by Gasteiger charge is -2.12. The van der Waals surface area contributed by atoms with E-state index in [2.05, 4.69) is 26.2 Å². The molecule has 0 aliphatic rings.